The maximum atomic E-state index is 4.68. The molecule has 76 valence electrons. The van der Waals surface area contributed by atoms with Gasteiger partial charge in [-0.15, -0.1) is 6.58 Å². The molecule has 0 bridgehead atoms. The molecule has 1 N–H and O–H groups in total. The second kappa shape index (κ2) is 2.97. The lowest BCUT2D eigenvalue weighted by Crippen LogP contribution is -2.36. The van der Waals surface area contributed by atoms with Gasteiger partial charge in [-0.05, 0) is 25.3 Å². The van der Waals surface area contributed by atoms with Crippen LogP contribution >= 0.6 is 0 Å². The lowest BCUT2D eigenvalue weighted by Gasteiger charge is -2.28. The maximum absolute atomic E-state index is 4.68. The number of aliphatic imine (C=N–C) groups is 1. The van der Waals surface area contributed by atoms with Gasteiger partial charge in [-0.25, -0.2) is 0 Å². The predicted octanol–water partition coefficient (Wildman–Crippen LogP) is 2.64. The highest BCUT2D eigenvalue weighted by Crippen LogP contribution is 2.37. The quantitative estimate of drug-likeness (QED) is 0.680. The Morgan fingerprint density at radius 2 is 2.43 bits per heavy atom. The first-order chi connectivity index (χ1) is 6.49. The van der Waals surface area contributed by atoms with E-state index in [1.807, 2.05) is 0 Å². The van der Waals surface area contributed by atoms with Crippen LogP contribution in [0.1, 0.15) is 33.6 Å². The van der Waals surface area contributed by atoms with Gasteiger partial charge in [0, 0.05) is 11.6 Å². The van der Waals surface area contributed by atoms with E-state index in [0.29, 0.717) is 6.04 Å². The van der Waals surface area contributed by atoms with E-state index < -0.39 is 0 Å². The van der Waals surface area contributed by atoms with E-state index in [1.165, 1.54) is 11.1 Å². The van der Waals surface area contributed by atoms with Crippen LogP contribution in [-0.2, 0) is 0 Å². The summed E-state index contributed by atoms with van der Waals surface area (Å²) < 4.78 is 0. The molecule has 0 aromatic heterocycles. The number of fused-ring (bicyclic) bond motifs is 1. The van der Waals surface area contributed by atoms with Gasteiger partial charge in [0.1, 0.15) is 5.84 Å². The molecule has 0 radical (unpaired) electrons. The van der Waals surface area contributed by atoms with Crippen LogP contribution in [0.4, 0.5) is 0 Å². The van der Waals surface area contributed by atoms with Crippen molar-refractivity contribution >= 4 is 5.84 Å². The van der Waals surface area contributed by atoms with E-state index in [0.717, 1.165) is 18.7 Å². The van der Waals surface area contributed by atoms with Crippen molar-refractivity contribution in [2.24, 2.45) is 10.4 Å². The third kappa shape index (κ3) is 1.74. The van der Waals surface area contributed by atoms with Gasteiger partial charge in [0.2, 0.25) is 0 Å². The summed E-state index contributed by atoms with van der Waals surface area (Å²) in [6, 6.07) is 0.496. The molecule has 0 spiro atoms. The van der Waals surface area contributed by atoms with Crippen molar-refractivity contribution in [3.05, 3.63) is 23.9 Å². The van der Waals surface area contributed by atoms with E-state index in [1.54, 1.807) is 0 Å². The standard InChI is InChI=1S/C12H18N2/c1-8(2)6-12(3,4)11-13-7-9-5-10(9)14-11/h7,10H,1,5-6H2,2-4H3,(H,13,14). The fourth-order valence-corrected chi connectivity index (χ4v) is 2.01. The van der Waals surface area contributed by atoms with Gasteiger partial charge < -0.3 is 5.32 Å². The summed E-state index contributed by atoms with van der Waals surface area (Å²) in [4.78, 5) is 4.68. The molecule has 2 rings (SSSR count). The van der Waals surface area contributed by atoms with Crippen molar-refractivity contribution in [1.29, 1.82) is 0 Å². The Kier molecular flexibility index (Phi) is 2.02. The number of nitrogens with one attached hydrogen (secondary N) is 1. The Balaban J connectivity index is 2.10. The zero-order valence-electron chi connectivity index (χ0n) is 9.22. The highest BCUT2D eigenvalue weighted by Gasteiger charge is 2.36. The fourth-order valence-electron chi connectivity index (χ4n) is 2.01. The Morgan fingerprint density at radius 1 is 1.71 bits per heavy atom. The Morgan fingerprint density at radius 3 is 3.00 bits per heavy atom. The van der Waals surface area contributed by atoms with Crippen molar-refractivity contribution < 1.29 is 0 Å². The molecule has 2 heteroatoms. The summed E-state index contributed by atoms with van der Waals surface area (Å²) in [5.74, 6) is 1.12. The number of amidine groups is 1. The minimum atomic E-state index is 0.0937. The van der Waals surface area contributed by atoms with E-state index in [4.69, 9.17) is 0 Å². The van der Waals surface area contributed by atoms with Crippen molar-refractivity contribution in [1.82, 2.24) is 5.32 Å². The third-order valence-corrected chi connectivity index (χ3v) is 2.76. The van der Waals surface area contributed by atoms with Gasteiger partial charge in [0.05, 0.1) is 6.04 Å². The molecule has 1 atom stereocenters. The van der Waals surface area contributed by atoms with Gasteiger partial charge >= 0.3 is 0 Å². The first-order valence-electron chi connectivity index (χ1n) is 5.17. The molecule has 1 aliphatic heterocycles. The first-order valence-corrected chi connectivity index (χ1v) is 5.17. The average molecular weight is 190 g/mol. The van der Waals surface area contributed by atoms with Crippen molar-refractivity contribution in [3.63, 3.8) is 0 Å². The minimum Gasteiger partial charge on any atom is -0.350 e. The molecule has 0 saturated heterocycles. The molecule has 1 aliphatic carbocycles. The van der Waals surface area contributed by atoms with Gasteiger partial charge in [-0.3, -0.25) is 4.99 Å². The normalized spacial score (nSPS) is 24.4. The van der Waals surface area contributed by atoms with E-state index >= 15 is 0 Å². The molecule has 1 heterocycles. The van der Waals surface area contributed by atoms with E-state index in [9.17, 15) is 0 Å². The van der Waals surface area contributed by atoms with Gasteiger partial charge in [0.15, 0.2) is 0 Å². The smallest absolute Gasteiger partial charge is 0.107 e. The summed E-state index contributed by atoms with van der Waals surface area (Å²) >= 11 is 0. The monoisotopic (exact) mass is 190 g/mol. The lowest BCUT2D eigenvalue weighted by atomic mass is 9.84. The Hall–Kier alpha value is -1.05. The molecule has 2 aliphatic rings. The SMILES string of the molecule is C=C(C)CC(C)(C)C1=NC2CC2=CN1. The molecule has 1 fully saturated rings. The predicted molar refractivity (Wildman–Crippen MR) is 60.3 cm³/mol. The van der Waals surface area contributed by atoms with Crippen LogP contribution in [0, 0.1) is 5.41 Å². The molecular weight excluding hydrogens is 172 g/mol. The summed E-state index contributed by atoms with van der Waals surface area (Å²) in [5.41, 5.74) is 2.75. The number of nitrogens with zero attached hydrogens (tertiary/aromatic N) is 1. The molecular formula is C12H18N2. The van der Waals surface area contributed by atoms with E-state index in [-0.39, 0.29) is 5.41 Å². The van der Waals surface area contributed by atoms with Crippen molar-refractivity contribution in [3.8, 4) is 0 Å². The zero-order chi connectivity index (χ0) is 10.3. The van der Waals surface area contributed by atoms with Crippen LogP contribution in [0.2, 0.25) is 0 Å². The second-order valence-electron chi connectivity index (χ2n) is 5.08. The molecule has 0 aromatic rings. The molecule has 0 amide bonds. The van der Waals surface area contributed by atoms with Crippen LogP contribution in [-0.4, -0.2) is 11.9 Å². The first kappa shape index (κ1) is 9.50. The summed E-state index contributed by atoms with van der Waals surface area (Å²) in [7, 11) is 0. The number of hydrogen-bond donors (Lipinski definition) is 1. The number of allylic oxidation sites excluding steroid dienone is 1. The summed E-state index contributed by atoms with van der Waals surface area (Å²) in [6.07, 6.45) is 4.27. The van der Waals surface area contributed by atoms with Crippen LogP contribution < -0.4 is 5.32 Å². The molecule has 14 heavy (non-hydrogen) atoms. The van der Waals surface area contributed by atoms with Crippen LogP contribution in [0.15, 0.2) is 28.9 Å². The van der Waals surface area contributed by atoms with E-state index in [2.05, 4.69) is 43.9 Å². The van der Waals surface area contributed by atoms with Gasteiger partial charge in [-0.2, -0.15) is 0 Å². The van der Waals surface area contributed by atoms with Gasteiger partial charge in [-0.1, -0.05) is 19.4 Å². The fraction of sp³-hybridized carbons (Fsp3) is 0.583. The minimum absolute atomic E-state index is 0.0937. The molecule has 1 unspecified atom stereocenters. The second-order valence-corrected chi connectivity index (χ2v) is 5.08. The Bertz CT molecular complexity index is 334. The molecule has 0 aromatic carbocycles. The number of hydrogen-bond acceptors (Lipinski definition) is 2. The summed E-state index contributed by atoms with van der Waals surface area (Å²) in [5, 5.41) is 3.30. The average Bonchev–Trinajstić information content (AvgIpc) is 2.77. The van der Waals surface area contributed by atoms with Crippen LogP contribution in [0.3, 0.4) is 0 Å². The molecule has 1 saturated carbocycles. The molecule has 2 nitrogen and oxygen atoms in total. The van der Waals surface area contributed by atoms with Crippen molar-refractivity contribution in [2.45, 2.75) is 39.7 Å². The van der Waals surface area contributed by atoms with Crippen molar-refractivity contribution in [2.75, 3.05) is 0 Å². The lowest BCUT2D eigenvalue weighted by molar-refractivity contribution is 0.502. The largest absolute Gasteiger partial charge is 0.350 e. The highest BCUT2D eigenvalue weighted by atomic mass is 15.1. The van der Waals surface area contributed by atoms with Gasteiger partial charge in [0.25, 0.3) is 0 Å². The van der Waals surface area contributed by atoms with Crippen LogP contribution in [0.25, 0.3) is 0 Å². The number of rotatable bonds is 3. The Labute approximate surface area is 85.8 Å². The zero-order valence-corrected chi connectivity index (χ0v) is 9.22. The highest BCUT2D eigenvalue weighted by molar-refractivity contribution is 5.90. The maximum Gasteiger partial charge on any atom is 0.107 e. The topological polar surface area (TPSA) is 24.4 Å². The summed E-state index contributed by atoms with van der Waals surface area (Å²) in [6.45, 7) is 10.5. The third-order valence-electron chi connectivity index (χ3n) is 2.76. The van der Waals surface area contributed by atoms with Crippen LogP contribution in [0.5, 0.6) is 0 Å².